The smallest absolute Gasteiger partial charge is 0.260 e. The van der Waals surface area contributed by atoms with E-state index in [0.29, 0.717) is 30.2 Å². The molecule has 0 aliphatic carbocycles. The van der Waals surface area contributed by atoms with Crippen LogP contribution in [0.3, 0.4) is 0 Å². The summed E-state index contributed by atoms with van der Waals surface area (Å²) in [7, 11) is -1.95. The number of aromatic nitrogens is 3. The van der Waals surface area contributed by atoms with Crippen LogP contribution < -0.4 is 0 Å². The van der Waals surface area contributed by atoms with Gasteiger partial charge in [-0.3, -0.25) is 4.68 Å². The Hall–Kier alpha value is -1.67. The van der Waals surface area contributed by atoms with Crippen LogP contribution in [0.1, 0.15) is 43.8 Å². The fourth-order valence-electron chi connectivity index (χ4n) is 2.66. The van der Waals surface area contributed by atoms with E-state index in [2.05, 4.69) is 10.1 Å². The van der Waals surface area contributed by atoms with E-state index in [4.69, 9.17) is 4.42 Å². The van der Waals surface area contributed by atoms with Crippen molar-refractivity contribution < 1.29 is 12.8 Å². The Morgan fingerprint density at radius 3 is 2.57 bits per heavy atom. The van der Waals surface area contributed by atoms with Crippen LogP contribution in [-0.4, -0.2) is 34.0 Å². The fourth-order valence-corrected chi connectivity index (χ4v) is 4.24. The van der Waals surface area contributed by atoms with Crippen molar-refractivity contribution in [1.29, 1.82) is 0 Å². The average molecular weight is 338 g/mol. The summed E-state index contributed by atoms with van der Waals surface area (Å²) in [5.74, 6) is 1.45. The molecule has 3 heterocycles. The molecule has 2 aromatic rings. The lowest BCUT2D eigenvalue weighted by Crippen LogP contribution is -2.36. The van der Waals surface area contributed by atoms with Gasteiger partial charge in [-0.15, -0.1) is 0 Å². The molecule has 126 valence electrons. The molecule has 0 radical (unpaired) electrons. The Labute approximate surface area is 136 Å². The Morgan fingerprint density at radius 1 is 1.30 bits per heavy atom. The summed E-state index contributed by atoms with van der Waals surface area (Å²) in [6.07, 6.45) is 0.536. The van der Waals surface area contributed by atoms with Gasteiger partial charge in [-0.1, -0.05) is 20.8 Å². The normalized spacial score (nSPS) is 16.6. The van der Waals surface area contributed by atoms with Crippen molar-refractivity contribution in [3.05, 3.63) is 29.1 Å². The minimum absolute atomic E-state index is 0.194. The summed E-state index contributed by atoms with van der Waals surface area (Å²) in [4.78, 5) is 4.51. The number of sulfonamides is 1. The van der Waals surface area contributed by atoms with Crippen LogP contribution in [-0.2, 0) is 35.5 Å². The van der Waals surface area contributed by atoms with Crippen LogP contribution >= 0.6 is 0 Å². The quantitative estimate of drug-likeness (QED) is 0.833. The van der Waals surface area contributed by atoms with Crippen molar-refractivity contribution in [2.24, 2.45) is 7.05 Å². The highest BCUT2D eigenvalue weighted by atomic mass is 32.2. The Bertz CT molecular complexity index is 843. The number of nitrogens with zero attached hydrogens (tertiary/aromatic N) is 4. The molecular formula is C15H22N4O3S. The second-order valence-electron chi connectivity index (χ2n) is 6.98. The molecule has 0 bridgehead atoms. The second-order valence-corrected chi connectivity index (χ2v) is 8.86. The molecule has 0 saturated heterocycles. The van der Waals surface area contributed by atoms with Crippen molar-refractivity contribution in [3.8, 4) is 0 Å². The largest absolute Gasteiger partial charge is 0.445 e. The van der Waals surface area contributed by atoms with Gasteiger partial charge in [-0.25, -0.2) is 13.4 Å². The van der Waals surface area contributed by atoms with E-state index < -0.39 is 10.0 Å². The Kier molecular flexibility index (Phi) is 3.64. The molecule has 0 fully saturated rings. The third-order valence-corrected chi connectivity index (χ3v) is 5.80. The lowest BCUT2D eigenvalue weighted by atomic mass is 9.97. The molecule has 0 atom stereocenters. The number of rotatable bonds is 2. The van der Waals surface area contributed by atoms with Gasteiger partial charge in [0.15, 0.2) is 10.9 Å². The molecule has 2 aromatic heterocycles. The van der Waals surface area contributed by atoms with E-state index in [-0.39, 0.29) is 17.0 Å². The van der Waals surface area contributed by atoms with Gasteiger partial charge < -0.3 is 4.42 Å². The zero-order valence-corrected chi connectivity index (χ0v) is 14.9. The second kappa shape index (κ2) is 5.17. The molecule has 0 unspecified atom stereocenters. The summed E-state index contributed by atoms with van der Waals surface area (Å²) in [6.45, 7) is 8.48. The topological polar surface area (TPSA) is 81.2 Å². The minimum Gasteiger partial charge on any atom is -0.445 e. The van der Waals surface area contributed by atoms with Crippen LogP contribution in [0.2, 0.25) is 0 Å². The third kappa shape index (κ3) is 2.81. The molecule has 23 heavy (non-hydrogen) atoms. The summed E-state index contributed by atoms with van der Waals surface area (Å²) in [5.41, 5.74) is 1.20. The van der Waals surface area contributed by atoms with Crippen LogP contribution in [0, 0.1) is 6.92 Å². The molecule has 0 N–H and O–H groups in total. The summed E-state index contributed by atoms with van der Waals surface area (Å²) in [6, 6.07) is 1.59. The van der Waals surface area contributed by atoms with Gasteiger partial charge in [-0.2, -0.15) is 9.40 Å². The van der Waals surface area contributed by atoms with E-state index in [0.717, 1.165) is 5.76 Å². The molecule has 1 aliphatic rings. The van der Waals surface area contributed by atoms with E-state index >= 15 is 0 Å². The summed E-state index contributed by atoms with van der Waals surface area (Å²) >= 11 is 0. The zero-order chi connectivity index (χ0) is 17.0. The maximum atomic E-state index is 12.8. The van der Waals surface area contributed by atoms with Gasteiger partial charge in [0.05, 0.1) is 17.9 Å². The monoisotopic (exact) mass is 338 g/mol. The standard InChI is InChI=1S/C15H22N4O3S/c1-10-8-13(18(5)17-10)23(20,21)19-7-6-12-11(9-19)16-14(22-12)15(2,3)4/h8H,6-7,9H2,1-5H3. The first-order valence-electron chi connectivity index (χ1n) is 7.59. The van der Waals surface area contributed by atoms with E-state index in [1.165, 1.54) is 8.99 Å². The average Bonchev–Trinajstić information content (AvgIpc) is 3.00. The SMILES string of the molecule is Cc1cc(S(=O)(=O)N2CCc3oc(C(C)(C)C)nc3C2)n(C)n1. The van der Waals surface area contributed by atoms with Gasteiger partial charge in [0.1, 0.15) is 5.76 Å². The molecule has 7 nitrogen and oxygen atoms in total. The number of oxazole rings is 1. The molecule has 0 aromatic carbocycles. The van der Waals surface area contributed by atoms with Crippen LogP contribution in [0.15, 0.2) is 15.5 Å². The number of hydrogen-bond acceptors (Lipinski definition) is 5. The number of fused-ring (bicyclic) bond motifs is 1. The predicted molar refractivity (Wildman–Crippen MR) is 84.4 cm³/mol. The van der Waals surface area contributed by atoms with Gasteiger partial charge in [0, 0.05) is 25.4 Å². The van der Waals surface area contributed by atoms with Crippen LogP contribution in [0.4, 0.5) is 0 Å². The molecule has 0 spiro atoms. The first kappa shape index (κ1) is 16.2. The highest BCUT2D eigenvalue weighted by molar-refractivity contribution is 7.89. The van der Waals surface area contributed by atoms with Crippen LogP contribution in [0.5, 0.6) is 0 Å². The maximum Gasteiger partial charge on any atom is 0.260 e. The molecule has 0 amide bonds. The zero-order valence-electron chi connectivity index (χ0n) is 14.1. The molecule has 0 saturated carbocycles. The van der Waals surface area contributed by atoms with Crippen molar-refractivity contribution in [3.63, 3.8) is 0 Å². The lowest BCUT2D eigenvalue weighted by molar-refractivity contribution is 0.337. The van der Waals surface area contributed by atoms with Crippen molar-refractivity contribution in [2.45, 2.75) is 51.1 Å². The van der Waals surface area contributed by atoms with Gasteiger partial charge in [-0.05, 0) is 13.0 Å². The fraction of sp³-hybridized carbons (Fsp3) is 0.600. The van der Waals surface area contributed by atoms with Gasteiger partial charge in [0.25, 0.3) is 10.0 Å². The van der Waals surface area contributed by atoms with Crippen molar-refractivity contribution in [1.82, 2.24) is 19.1 Å². The number of hydrogen-bond donors (Lipinski definition) is 0. The van der Waals surface area contributed by atoms with E-state index in [1.807, 2.05) is 20.8 Å². The van der Waals surface area contributed by atoms with Crippen LogP contribution in [0.25, 0.3) is 0 Å². The van der Waals surface area contributed by atoms with Gasteiger partial charge in [0.2, 0.25) is 0 Å². The van der Waals surface area contributed by atoms with Crippen molar-refractivity contribution >= 4 is 10.0 Å². The highest BCUT2D eigenvalue weighted by Gasteiger charge is 2.34. The highest BCUT2D eigenvalue weighted by Crippen LogP contribution is 2.29. The predicted octanol–water partition coefficient (Wildman–Crippen LogP) is 1.76. The Balaban J connectivity index is 1.92. The summed E-state index contributed by atoms with van der Waals surface area (Å²) in [5, 5.41) is 4.34. The Morgan fingerprint density at radius 2 is 2.00 bits per heavy atom. The molecule has 8 heteroatoms. The third-order valence-electron chi connectivity index (χ3n) is 3.90. The minimum atomic E-state index is -3.59. The lowest BCUT2D eigenvalue weighted by Gasteiger charge is -2.24. The van der Waals surface area contributed by atoms with E-state index in [1.54, 1.807) is 20.0 Å². The maximum absolute atomic E-state index is 12.8. The number of aryl methyl sites for hydroxylation is 2. The van der Waals surface area contributed by atoms with Gasteiger partial charge >= 0.3 is 0 Å². The summed E-state index contributed by atoms with van der Waals surface area (Å²) < 4.78 is 34.3. The molecular weight excluding hydrogens is 316 g/mol. The first-order chi connectivity index (χ1) is 10.6. The molecule has 1 aliphatic heterocycles. The molecule has 3 rings (SSSR count). The van der Waals surface area contributed by atoms with Crippen molar-refractivity contribution in [2.75, 3.05) is 6.54 Å². The first-order valence-corrected chi connectivity index (χ1v) is 9.03. The van der Waals surface area contributed by atoms with E-state index in [9.17, 15) is 8.42 Å².